The quantitative estimate of drug-likeness (QED) is 0.398. The summed E-state index contributed by atoms with van der Waals surface area (Å²) < 4.78 is -1.14. The zero-order valence-electron chi connectivity index (χ0n) is 16.0. The van der Waals surface area contributed by atoms with Crippen LogP contribution in [0.1, 0.15) is 51.7 Å². The van der Waals surface area contributed by atoms with E-state index in [4.69, 9.17) is 0 Å². The third-order valence-corrected chi connectivity index (χ3v) is 7.06. The van der Waals surface area contributed by atoms with Gasteiger partial charge in [0.15, 0.2) is 0 Å². The average Bonchev–Trinajstić information content (AvgIpc) is 2.67. The lowest BCUT2D eigenvalue weighted by Crippen LogP contribution is -2.28. The van der Waals surface area contributed by atoms with Crippen LogP contribution < -0.4 is 0 Å². The van der Waals surface area contributed by atoms with Crippen molar-refractivity contribution >= 4 is 23.1 Å². The summed E-state index contributed by atoms with van der Waals surface area (Å²) in [6.07, 6.45) is 1.30. The smallest absolute Gasteiger partial charge is 0.258 e. The highest BCUT2D eigenvalue weighted by Crippen LogP contribution is 2.55. The Balaban J connectivity index is 2.59. The zero-order chi connectivity index (χ0) is 20.2. The van der Waals surface area contributed by atoms with Gasteiger partial charge < -0.3 is 0 Å². The maximum Gasteiger partial charge on any atom is 0.273 e. The van der Waals surface area contributed by atoms with E-state index < -0.39 is 9.49 Å². The van der Waals surface area contributed by atoms with E-state index in [1.165, 1.54) is 12.1 Å². The van der Waals surface area contributed by atoms with Gasteiger partial charge in [0.05, 0.1) is 9.85 Å². The predicted octanol–water partition coefficient (Wildman–Crippen LogP) is 6.19. The fraction of sp³-hybridized carbons (Fsp3) is 0.400. The lowest BCUT2D eigenvalue weighted by atomic mass is 9.94. The summed E-state index contributed by atoms with van der Waals surface area (Å²) in [7, 11) is 0. The maximum atomic E-state index is 11.5. The molecule has 0 N–H and O–H groups in total. The molecule has 0 spiro atoms. The first kappa shape index (κ1) is 20.9. The molecule has 0 saturated carbocycles. The molecular formula is C20H24N2O4S. The van der Waals surface area contributed by atoms with E-state index in [1.807, 2.05) is 27.7 Å². The zero-order valence-corrected chi connectivity index (χ0v) is 16.8. The summed E-state index contributed by atoms with van der Waals surface area (Å²) in [5.41, 5.74) is 1.44. The lowest BCUT2D eigenvalue weighted by molar-refractivity contribution is -0.385. The van der Waals surface area contributed by atoms with Gasteiger partial charge in [0.2, 0.25) is 0 Å². The van der Waals surface area contributed by atoms with Crippen molar-refractivity contribution in [3.05, 3.63) is 79.9 Å². The highest BCUT2D eigenvalue weighted by atomic mass is 32.2. The Labute approximate surface area is 163 Å². The molecule has 2 rings (SSSR count). The van der Waals surface area contributed by atoms with Crippen LogP contribution in [0.25, 0.3) is 0 Å². The fourth-order valence-corrected chi connectivity index (χ4v) is 5.14. The molecule has 0 amide bonds. The van der Waals surface area contributed by atoms with Gasteiger partial charge in [-0.25, -0.2) is 0 Å². The van der Waals surface area contributed by atoms with Gasteiger partial charge in [0, 0.05) is 32.8 Å². The van der Waals surface area contributed by atoms with Crippen LogP contribution in [0.15, 0.2) is 48.5 Å². The van der Waals surface area contributed by atoms with Gasteiger partial charge in [-0.05, 0) is 26.7 Å². The minimum absolute atomic E-state index is 0.0790. The van der Waals surface area contributed by atoms with Gasteiger partial charge in [-0.1, -0.05) is 50.2 Å². The molecule has 6 nitrogen and oxygen atoms in total. The van der Waals surface area contributed by atoms with Crippen molar-refractivity contribution in [2.75, 3.05) is 0 Å². The number of hydrogen-bond donors (Lipinski definition) is 0. The number of benzene rings is 2. The molecule has 27 heavy (non-hydrogen) atoms. The van der Waals surface area contributed by atoms with E-state index in [1.54, 1.807) is 48.2 Å². The Morgan fingerprint density at radius 2 is 1.11 bits per heavy atom. The van der Waals surface area contributed by atoms with Crippen LogP contribution in [0.4, 0.5) is 11.4 Å². The Kier molecular flexibility index (Phi) is 6.26. The number of thioether (sulfide) groups is 1. The molecule has 0 aliphatic heterocycles. The van der Waals surface area contributed by atoms with Crippen LogP contribution in [0, 0.1) is 20.2 Å². The van der Waals surface area contributed by atoms with Gasteiger partial charge >= 0.3 is 0 Å². The molecule has 0 heterocycles. The summed E-state index contributed by atoms with van der Waals surface area (Å²) in [6.45, 7) is 7.92. The summed E-state index contributed by atoms with van der Waals surface area (Å²) in [5.74, 6) is 0. The van der Waals surface area contributed by atoms with E-state index in [-0.39, 0.29) is 21.2 Å². The van der Waals surface area contributed by atoms with Crippen molar-refractivity contribution in [2.45, 2.75) is 50.0 Å². The van der Waals surface area contributed by atoms with E-state index in [2.05, 4.69) is 0 Å². The second-order valence-electron chi connectivity index (χ2n) is 6.82. The van der Waals surface area contributed by atoms with Crippen LogP contribution in [-0.4, -0.2) is 9.85 Å². The van der Waals surface area contributed by atoms with Gasteiger partial charge in [0.1, 0.15) is 0 Å². The van der Waals surface area contributed by atoms with Crippen LogP contribution >= 0.6 is 11.8 Å². The van der Waals surface area contributed by atoms with E-state index in [0.29, 0.717) is 24.0 Å². The monoisotopic (exact) mass is 388 g/mol. The molecule has 0 fully saturated rings. The minimum atomic E-state index is -0.571. The second kappa shape index (κ2) is 8.08. The Morgan fingerprint density at radius 1 is 0.778 bits per heavy atom. The summed E-state index contributed by atoms with van der Waals surface area (Å²) in [5, 5.41) is 23.1. The molecule has 0 aliphatic carbocycles. The number of hydrogen-bond acceptors (Lipinski definition) is 5. The predicted molar refractivity (Wildman–Crippen MR) is 109 cm³/mol. The molecule has 0 saturated heterocycles. The van der Waals surface area contributed by atoms with Gasteiger partial charge in [-0.3, -0.25) is 20.2 Å². The van der Waals surface area contributed by atoms with Crippen LogP contribution in [0.2, 0.25) is 0 Å². The van der Waals surface area contributed by atoms with Gasteiger partial charge in [0.25, 0.3) is 11.4 Å². The number of rotatable bonds is 8. The standard InChI is InChI=1S/C20H24N2O4S/c1-5-19(3,15-11-7-9-13-17(15)21(23)24)27-20(4,6-2)16-12-8-10-14-18(16)22(25)26/h7-14H,5-6H2,1-4H3. The molecular weight excluding hydrogens is 364 g/mol. The molecule has 2 aromatic rings. The van der Waals surface area contributed by atoms with Crippen molar-refractivity contribution in [1.82, 2.24) is 0 Å². The maximum absolute atomic E-state index is 11.5. The average molecular weight is 388 g/mol. The molecule has 2 atom stereocenters. The number of nitro benzene ring substituents is 2. The first-order valence-electron chi connectivity index (χ1n) is 8.86. The Bertz CT molecular complexity index is 788. The van der Waals surface area contributed by atoms with Crippen LogP contribution in [0.5, 0.6) is 0 Å². The summed E-state index contributed by atoms with van der Waals surface area (Å²) >= 11 is 1.55. The number of para-hydroxylation sites is 2. The second-order valence-corrected chi connectivity index (χ2v) is 8.83. The van der Waals surface area contributed by atoms with E-state index >= 15 is 0 Å². The van der Waals surface area contributed by atoms with Crippen molar-refractivity contribution < 1.29 is 9.85 Å². The number of nitrogens with zero attached hydrogens (tertiary/aromatic N) is 2. The van der Waals surface area contributed by atoms with Crippen molar-refractivity contribution in [3.8, 4) is 0 Å². The first-order chi connectivity index (χ1) is 12.7. The van der Waals surface area contributed by atoms with Crippen molar-refractivity contribution in [2.24, 2.45) is 0 Å². The number of nitro groups is 2. The molecule has 0 aromatic heterocycles. The Morgan fingerprint density at radius 3 is 1.41 bits per heavy atom. The van der Waals surface area contributed by atoms with Crippen molar-refractivity contribution in [1.29, 1.82) is 0 Å². The molecule has 2 aromatic carbocycles. The van der Waals surface area contributed by atoms with Gasteiger partial charge in [-0.15, -0.1) is 11.8 Å². The SMILES string of the molecule is CCC(C)(SC(C)(CC)c1ccccc1[N+](=O)[O-])c1ccccc1[N+](=O)[O-]. The molecule has 0 aliphatic rings. The van der Waals surface area contributed by atoms with E-state index in [0.717, 1.165) is 0 Å². The molecule has 2 unspecified atom stereocenters. The molecule has 7 heteroatoms. The first-order valence-corrected chi connectivity index (χ1v) is 9.68. The third-order valence-electron chi connectivity index (χ3n) is 5.14. The van der Waals surface area contributed by atoms with E-state index in [9.17, 15) is 20.2 Å². The topological polar surface area (TPSA) is 86.3 Å². The molecule has 0 bridgehead atoms. The highest BCUT2D eigenvalue weighted by molar-refractivity contribution is 8.01. The summed E-state index contributed by atoms with van der Waals surface area (Å²) in [6, 6.07) is 13.5. The highest BCUT2D eigenvalue weighted by Gasteiger charge is 2.42. The van der Waals surface area contributed by atoms with Crippen LogP contribution in [-0.2, 0) is 9.49 Å². The normalized spacial score (nSPS) is 15.6. The fourth-order valence-electron chi connectivity index (χ4n) is 3.29. The molecule has 144 valence electrons. The molecule has 0 radical (unpaired) electrons. The van der Waals surface area contributed by atoms with Gasteiger partial charge in [-0.2, -0.15) is 0 Å². The third kappa shape index (κ3) is 4.13. The summed E-state index contributed by atoms with van der Waals surface area (Å²) in [4.78, 5) is 22.4. The Hall–Kier alpha value is -2.41. The minimum Gasteiger partial charge on any atom is -0.258 e. The van der Waals surface area contributed by atoms with Crippen LogP contribution in [0.3, 0.4) is 0 Å². The van der Waals surface area contributed by atoms with Crippen molar-refractivity contribution in [3.63, 3.8) is 0 Å². The largest absolute Gasteiger partial charge is 0.273 e. The lowest BCUT2D eigenvalue weighted by Gasteiger charge is -2.38.